The van der Waals surface area contributed by atoms with Gasteiger partial charge in [-0.2, -0.15) is 5.26 Å². The number of nitrogens with zero attached hydrogens (tertiary/aromatic N) is 2. The van der Waals surface area contributed by atoms with Crippen molar-refractivity contribution in [1.29, 1.82) is 5.26 Å². The minimum atomic E-state index is -0.488. The van der Waals surface area contributed by atoms with E-state index in [0.717, 1.165) is 12.8 Å². The van der Waals surface area contributed by atoms with Gasteiger partial charge in [-0.05, 0) is 43.0 Å². The Morgan fingerprint density at radius 1 is 1.39 bits per heavy atom. The molecule has 0 atom stereocenters. The molecule has 0 N–H and O–H groups in total. The van der Waals surface area contributed by atoms with Gasteiger partial charge in [0, 0.05) is 16.5 Å². The second-order valence-corrected chi connectivity index (χ2v) is 6.25. The minimum Gasteiger partial charge on any atom is -0.437 e. The van der Waals surface area contributed by atoms with E-state index in [-0.39, 0.29) is 11.5 Å². The topological polar surface area (TPSA) is 49.8 Å². The number of rotatable bonds is 2. The zero-order valence-corrected chi connectivity index (χ0v) is 13.1. The first-order valence-corrected chi connectivity index (χ1v) is 7.76. The predicted molar refractivity (Wildman–Crippen MR) is 85.8 cm³/mol. The Labute approximate surface area is 137 Å². The molecule has 3 aromatic rings. The predicted octanol–water partition coefficient (Wildman–Crippen LogP) is 5.34. The third kappa shape index (κ3) is 2.20. The number of fused-ring (bicyclic) bond motifs is 1. The van der Waals surface area contributed by atoms with E-state index in [1.54, 1.807) is 31.2 Å². The summed E-state index contributed by atoms with van der Waals surface area (Å²) in [5.74, 6) is 0.291. The lowest BCUT2D eigenvalue weighted by molar-refractivity contribution is 0.509. The molecule has 1 aliphatic rings. The van der Waals surface area contributed by atoms with Gasteiger partial charge >= 0.3 is 0 Å². The van der Waals surface area contributed by atoms with E-state index in [0.29, 0.717) is 38.7 Å². The van der Waals surface area contributed by atoms with Crippen molar-refractivity contribution >= 4 is 22.7 Å². The zero-order valence-electron chi connectivity index (χ0n) is 12.4. The molecule has 1 heterocycles. The second kappa shape index (κ2) is 5.07. The molecule has 1 fully saturated rings. The largest absolute Gasteiger partial charge is 0.437 e. The highest BCUT2D eigenvalue weighted by Crippen LogP contribution is 2.43. The van der Waals surface area contributed by atoms with Crippen molar-refractivity contribution in [2.24, 2.45) is 0 Å². The molecule has 0 spiro atoms. The summed E-state index contributed by atoms with van der Waals surface area (Å²) in [5, 5.41) is 10.0. The molecule has 0 radical (unpaired) electrons. The zero-order chi connectivity index (χ0) is 16.1. The van der Waals surface area contributed by atoms with Crippen molar-refractivity contribution in [3.05, 3.63) is 52.1 Å². The maximum absolute atomic E-state index is 15.1. The highest BCUT2D eigenvalue weighted by molar-refractivity contribution is 6.30. The Kier molecular flexibility index (Phi) is 3.14. The van der Waals surface area contributed by atoms with E-state index in [1.165, 1.54) is 0 Å². The fourth-order valence-electron chi connectivity index (χ4n) is 2.86. The average Bonchev–Trinajstić information content (AvgIpc) is 3.28. The summed E-state index contributed by atoms with van der Waals surface area (Å²) in [6.45, 7) is 1.72. The molecule has 1 aromatic heterocycles. The van der Waals surface area contributed by atoms with Gasteiger partial charge in [0.15, 0.2) is 17.3 Å². The molecule has 3 nitrogen and oxygen atoms in total. The van der Waals surface area contributed by atoms with Crippen LogP contribution in [0.1, 0.15) is 35.8 Å². The number of benzene rings is 2. The SMILES string of the molecule is Cc1c(-c2cccc(Cl)c2)c(F)c2oc(C3CC3)nc2c1C#N. The molecular weight excluding hydrogens is 315 g/mol. The molecule has 0 unspecified atom stereocenters. The molecule has 0 aliphatic heterocycles. The van der Waals surface area contributed by atoms with Crippen LogP contribution in [0.3, 0.4) is 0 Å². The smallest absolute Gasteiger partial charge is 0.198 e. The third-order valence-corrected chi connectivity index (χ3v) is 4.44. The summed E-state index contributed by atoms with van der Waals surface area (Å²) < 4.78 is 20.7. The van der Waals surface area contributed by atoms with Crippen molar-refractivity contribution in [3.63, 3.8) is 0 Å². The lowest BCUT2D eigenvalue weighted by atomic mass is 9.95. The van der Waals surface area contributed by atoms with Gasteiger partial charge in [-0.1, -0.05) is 23.7 Å². The summed E-state index contributed by atoms with van der Waals surface area (Å²) in [6, 6.07) is 9.06. The van der Waals surface area contributed by atoms with Crippen LogP contribution in [-0.4, -0.2) is 4.98 Å². The van der Waals surface area contributed by atoms with Crippen LogP contribution < -0.4 is 0 Å². The van der Waals surface area contributed by atoms with Crippen molar-refractivity contribution < 1.29 is 8.81 Å². The molecule has 4 rings (SSSR count). The van der Waals surface area contributed by atoms with E-state index in [1.807, 2.05) is 0 Å². The van der Waals surface area contributed by atoms with Crippen LogP contribution in [0.2, 0.25) is 5.02 Å². The van der Waals surface area contributed by atoms with E-state index < -0.39 is 5.82 Å². The van der Waals surface area contributed by atoms with E-state index >= 15 is 4.39 Å². The lowest BCUT2D eigenvalue weighted by Gasteiger charge is -2.10. The molecule has 0 amide bonds. The molecule has 1 saturated carbocycles. The lowest BCUT2D eigenvalue weighted by Crippen LogP contribution is -1.95. The molecule has 23 heavy (non-hydrogen) atoms. The fourth-order valence-corrected chi connectivity index (χ4v) is 3.05. The summed E-state index contributed by atoms with van der Waals surface area (Å²) >= 11 is 6.02. The van der Waals surface area contributed by atoms with Crippen LogP contribution >= 0.6 is 11.6 Å². The van der Waals surface area contributed by atoms with Gasteiger partial charge in [-0.15, -0.1) is 0 Å². The molecule has 5 heteroatoms. The molecule has 2 aromatic carbocycles. The highest BCUT2D eigenvalue weighted by atomic mass is 35.5. The summed E-state index contributed by atoms with van der Waals surface area (Å²) in [7, 11) is 0. The number of hydrogen-bond donors (Lipinski definition) is 0. The van der Waals surface area contributed by atoms with Gasteiger partial charge in [-0.25, -0.2) is 9.37 Å². The fraction of sp³-hybridized carbons (Fsp3) is 0.222. The number of hydrogen-bond acceptors (Lipinski definition) is 3. The summed E-state index contributed by atoms with van der Waals surface area (Å²) in [4.78, 5) is 4.36. The Balaban J connectivity index is 2.06. The van der Waals surface area contributed by atoms with Crippen molar-refractivity contribution in [2.45, 2.75) is 25.7 Å². The molecule has 0 bridgehead atoms. The van der Waals surface area contributed by atoms with Gasteiger partial charge < -0.3 is 4.42 Å². The summed E-state index contributed by atoms with van der Waals surface area (Å²) in [5.41, 5.74) is 2.24. The van der Waals surface area contributed by atoms with Gasteiger partial charge in [0.2, 0.25) is 0 Å². The van der Waals surface area contributed by atoms with Crippen LogP contribution in [0.4, 0.5) is 4.39 Å². The minimum absolute atomic E-state index is 0.0593. The normalized spacial score (nSPS) is 14.2. The Hall–Kier alpha value is -2.38. The second-order valence-electron chi connectivity index (χ2n) is 5.82. The quantitative estimate of drug-likeness (QED) is 0.638. The van der Waals surface area contributed by atoms with Crippen molar-refractivity contribution in [2.75, 3.05) is 0 Å². The van der Waals surface area contributed by atoms with E-state index in [9.17, 15) is 5.26 Å². The first-order valence-electron chi connectivity index (χ1n) is 7.38. The van der Waals surface area contributed by atoms with Crippen LogP contribution in [-0.2, 0) is 0 Å². The summed E-state index contributed by atoms with van der Waals surface area (Å²) in [6.07, 6.45) is 1.99. The number of oxazole rings is 1. The maximum atomic E-state index is 15.1. The van der Waals surface area contributed by atoms with Crippen LogP contribution in [0.15, 0.2) is 28.7 Å². The molecule has 0 saturated heterocycles. The van der Waals surface area contributed by atoms with E-state index in [4.69, 9.17) is 16.0 Å². The van der Waals surface area contributed by atoms with E-state index in [2.05, 4.69) is 11.1 Å². The number of aromatic nitrogens is 1. The first kappa shape index (κ1) is 14.2. The monoisotopic (exact) mass is 326 g/mol. The number of nitriles is 1. The van der Waals surface area contributed by atoms with Crippen molar-refractivity contribution in [3.8, 4) is 17.2 Å². The molecular formula is C18H12ClFN2O. The number of halogens is 2. The molecule has 1 aliphatic carbocycles. The maximum Gasteiger partial charge on any atom is 0.198 e. The average molecular weight is 327 g/mol. The Morgan fingerprint density at radius 3 is 2.83 bits per heavy atom. The third-order valence-electron chi connectivity index (χ3n) is 4.20. The van der Waals surface area contributed by atoms with Crippen LogP contribution in [0, 0.1) is 24.1 Å². The first-order chi connectivity index (χ1) is 11.1. The Morgan fingerprint density at radius 2 is 2.17 bits per heavy atom. The van der Waals surface area contributed by atoms with Gasteiger partial charge in [0.05, 0.1) is 5.56 Å². The molecule has 114 valence electrons. The highest BCUT2D eigenvalue weighted by Gasteiger charge is 2.31. The van der Waals surface area contributed by atoms with Gasteiger partial charge in [-0.3, -0.25) is 0 Å². The standard InChI is InChI=1S/C18H12ClFN2O/c1-9-13(8-21)16-17(23-18(22-16)10-5-6-10)15(20)14(9)11-3-2-4-12(19)7-11/h2-4,7,10H,5-6H2,1H3. The Bertz CT molecular complexity index is 983. The van der Waals surface area contributed by atoms with Crippen LogP contribution in [0.25, 0.3) is 22.2 Å². The van der Waals surface area contributed by atoms with Crippen LogP contribution in [0.5, 0.6) is 0 Å². The van der Waals surface area contributed by atoms with Crippen molar-refractivity contribution in [1.82, 2.24) is 4.98 Å². The van der Waals surface area contributed by atoms with Gasteiger partial charge in [0.25, 0.3) is 0 Å². The van der Waals surface area contributed by atoms with Gasteiger partial charge in [0.1, 0.15) is 11.6 Å².